The zero-order valence-corrected chi connectivity index (χ0v) is 20.4. The Morgan fingerprint density at radius 3 is 1.79 bits per heavy atom. The molecule has 0 radical (unpaired) electrons. The van der Waals surface area contributed by atoms with Crippen molar-refractivity contribution in [3.05, 3.63) is 63.7 Å². The number of ether oxygens (including phenoxy) is 1. The zero-order valence-electron chi connectivity index (χ0n) is 20.4. The summed E-state index contributed by atoms with van der Waals surface area (Å²) >= 11 is 0. The molecule has 0 spiro atoms. The lowest BCUT2D eigenvalue weighted by Crippen LogP contribution is -2.45. The molecule has 0 saturated carbocycles. The van der Waals surface area contributed by atoms with E-state index in [1.54, 1.807) is 12.1 Å². The van der Waals surface area contributed by atoms with Gasteiger partial charge in [0.2, 0.25) is 0 Å². The van der Waals surface area contributed by atoms with Gasteiger partial charge in [-0.25, -0.2) is 4.79 Å². The van der Waals surface area contributed by atoms with E-state index in [1.165, 1.54) is 26.8 Å². The van der Waals surface area contributed by atoms with E-state index in [4.69, 9.17) is 4.74 Å². The number of hydrogen-bond donors (Lipinski definition) is 1. The third-order valence-electron chi connectivity index (χ3n) is 6.27. The number of carboxylic acid groups (broad SMARTS) is 1. The minimum absolute atomic E-state index is 0.258. The molecule has 1 aliphatic rings. The summed E-state index contributed by atoms with van der Waals surface area (Å²) in [4.78, 5) is 16.0. The van der Waals surface area contributed by atoms with E-state index >= 15 is 0 Å². The number of hydrogen-bond acceptors (Lipinski definition) is 4. The molecule has 0 atom stereocenters. The van der Waals surface area contributed by atoms with E-state index < -0.39 is 23.3 Å². The zero-order chi connectivity index (χ0) is 25.3. The van der Waals surface area contributed by atoms with Crippen LogP contribution in [0.15, 0.2) is 30.3 Å². The van der Waals surface area contributed by atoms with Crippen LogP contribution in [-0.4, -0.2) is 52.7 Å². The van der Waals surface area contributed by atoms with Gasteiger partial charge in [0, 0.05) is 39.3 Å². The Kier molecular flexibility index (Phi) is 7.62. The molecule has 2 aromatic carbocycles. The van der Waals surface area contributed by atoms with Crippen LogP contribution in [0.4, 0.5) is 13.2 Å². The number of nitrogens with zero attached hydrogens (tertiary/aromatic N) is 2. The molecular formula is C26H33F3N2O3. The van der Waals surface area contributed by atoms with Gasteiger partial charge in [0.1, 0.15) is 5.75 Å². The summed E-state index contributed by atoms with van der Waals surface area (Å²) in [6.07, 6.45) is -4.32. The Morgan fingerprint density at radius 1 is 0.882 bits per heavy atom. The van der Waals surface area contributed by atoms with Crippen LogP contribution in [0.1, 0.15) is 47.2 Å². The van der Waals surface area contributed by atoms with Crippen molar-refractivity contribution in [2.45, 2.75) is 59.5 Å². The summed E-state index contributed by atoms with van der Waals surface area (Å²) in [6.45, 7) is 13.2. The monoisotopic (exact) mass is 478 g/mol. The molecule has 8 heteroatoms. The molecule has 0 aliphatic carbocycles. The minimum Gasteiger partial charge on any atom is -0.478 e. The summed E-state index contributed by atoms with van der Waals surface area (Å²) in [5, 5.41) is 9.35. The first-order chi connectivity index (χ1) is 15.8. The van der Waals surface area contributed by atoms with Crippen LogP contribution >= 0.6 is 0 Å². The van der Waals surface area contributed by atoms with E-state index in [2.05, 4.69) is 9.80 Å². The van der Waals surface area contributed by atoms with Gasteiger partial charge in [0.15, 0.2) is 5.60 Å². The summed E-state index contributed by atoms with van der Waals surface area (Å²) in [5.41, 5.74) is 2.22. The van der Waals surface area contributed by atoms with Gasteiger partial charge in [-0.2, -0.15) is 13.2 Å². The van der Waals surface area contributed by atoms with Crippen LogP contribution in [0.2, 0.25) is 0 Å². The fourth-order valence-corrected chi connectivity index (χ4v) is 4.36. The van der Waals surface area contributed by atoms with Crippen molar-refractivity contribution in [2.24, 2.45) is 0 Å². The van der Waals surface area contributed by atoms with Crippen molar-refractivity contribution >= 4 is 5.97 Å². The van der Waals surface area contributed by atoms with Crippen LogP contribution in [0.25, 0.3) is 0 Å². The molecule has 0 aromatic heterocycles. The van der Waals surface area contributed by atoms with E-state index in [0.717, 1.165) is 55.0 Å². The van der Waals surface area contributed by atoms with Crippen molar-refractivity contribution in [1.29, 1.82) is 0 Å². The van der Waals surface area contributed by atoms with Gasteiger partial charge < -0.3 is 9.84 Å². The van der Waals surface area contributed by atoms with Gasteiger partial charge in [0.25, 0.3) is 0 Å². The number of carboxylic acids is 1. The highest BCUT2D eigenvalue weighted by Gasteiger charge is 2.32. The third-order valence-corrected chi connectivity index (χ3v) is 6.27. The molecule has 186 valence electrons. The summed E-state index contributed by atoms with van der Waals surface area (Å²) in [5.74, 6) is -0.410. The quantitative estimate of drug-likeness (QED) is 0.594. The summed E-state index contributed by atoms with van der Waals surface area (Å²) in [7, 11) is 0. The molecule has 5 nitrogen and oxygen atoms in total. The Labute approximate surface area is 199 Å². The van der Waals surface area contributed by atoms with E-state index in [1.807, 2.05) is 26.0 Å². The molecule has 1 fully saturated rings. The van der Waals surface area contributed by atoms with Crippen molar-refractivity contribution < 1.29 is 27.8 Å². The maximum atomic E-state index is 13.0. The van der Waals surface area contributed by atoms with Crippen molar-refractivity contribution in [3.8, 4) is 5.75 Å². The fraction of sp³-hybridized carbons (Fsp3) is 0.500. The summed E-state index contributed by atoms with van der Waals surface area (Å²) in [6, 6.07) is 8.46. The smallest absolute Gasteiger partial charge is 0.416 e. The van der Waals surface area contributed by atoms with Crippen molar-refractivity contribution in [2.75, 3.05) is 26.2 Å². The molecule has 1 heterocycles. The van der Waals surface area contributed by atoms with Gasteiger partial charge >= 0.3 is 12.1 Å². The van der Waals surface area contributed by atoms with E-state index in [9.17, 15) is 23.1 Å². The molecule has 1 saturated heterocycles. The maximum absolute atomic E-state index is 13.0. The van der Waals surface area contributed by atoms with Gasteiger partial charge in [-0.05, 0) is 68.5 Å². The fourth-order valence-electron chi connectivity index (χ4n) is 4.36. The second-order valence-electron chi connectivity index (χ2n) is 9.68. The third kappa shape index (κ3) is 6.30. The Morgan fingerprint density at radius 2 is 1.35 bits per heavy atom. The minimum atomic E-state index is -4.32. The number of aliphatic carboxylic acids is 1. The molecule has 34 heavy (non-hydrogen) atoms. The highest BCUT2D eigenvalue weighted by atomic mass is 19.4. The molecule has 1 N–H and O–H groups in total. The van der Waals surface area contributed by atoms with Gasteiger partial charge in [0.05, 0.1) is 5.56 Å². The van der Waals surface area contributed by atoms with Crippen LogP contribution in [0.3, 0.4) is 0 Å². The summed E-state index contributed by atoms with van der Waals surface area (Å²) < 4.78 is 44.8. The second kappa shape index (κ2) is 9.96. The lowest BCUT2D eigenvalue weighted by atomic mass is 10.0. The van der Waals surface area contributed by atoms with Crippen molar-refractivity contribution in [1.82, 2.24) is 9.80 Å². The largest absolute Gasteiger partial charge is 0.478 e. The molecular weight excluding hydrogens is 445 g/mol. The average molecular weight is 479 g/mol. The van der Waals surface area contributed by atoms with Crippen LogP contribution < -0.4 is 4.74 Å². The normalized spacial score (nSPS) is 16.0. The first-order valence-electron chi connectivity index (χ1n) is 11.4. The van der Waals surface area contributed by atoms with Gasteiger partial charge in [-0.15, -0.1) is 0 Å². The average Bonchev–Trinajstić information content (AvgIpc) is 2.71. The lowest BCUT2D eigenvalue weighted by Gasteiger charge is -2.35. The molecule has 0 unspecified atom stereocenters. The van der Waals surface area contributed by atoms with Gasteiger partial charge in [-0.1, -0.05) is 24.3 Å². The predicted octanol–water partition coefficient (Wildman–Crippen LogP) is 5.19. The van der Waals surface area contributed by atoms with E-state index in [-0.39, 0.29) is 5.56 Å². The standard InChI is InChI=1S/C26H33F3N2O3/c1-17-12-20(6-7-22(17)26(27,28)29)15-30-8-10-31(11-9-30)16-21-13-18(2)23(19(3)14-21)34-25(4,5)24(32)33/h6-7,12-14H,8-11,15-16H2,1-5H3,(H,32,33). The lowest BCUT2D eigenvalue weighted by molar-refractivity contribution is -0.152. The number of halogens is 3. The molecule has 3 rings (SSSR count). The van der Waals surface area contributed by atoms with Crippen LogP contribution in [0, 0.1) is 20.8 Å². The van der Waals surface area contributed by atoms with Crippen molar-refractivity contribution in [3.63, 3.8) is 0 Å². The number of piperazine rings is 1. The molecule has 2 aromatic rings. The van der Waals surface area contributed by atoms with Gasteiger partial charge in [-0.3, -0.25) is 9.80 Å². The first kappa shape index (κ1) is 26.0. The number of aryl methyl sites for hydroxylation is 3. The predicted molar refractivity (Wildman–Crippen MR) is 125 cm³/mol. The molecule has 1 aliphatic heterocycles. The number of benzene rings is 2. The number of alkyl halides is 3. The van der Waals surface area contributed by atoms with E-state index in [0.29, 0.717) is 12.3 Å². The topological polar surface area (TPSA) is 53.0 Å². The Hall–Kier alpha value is -2.58. The highest BCUT2D eigenvalue weighted by Crippen LogP contribution is 2.32. The highest BCUT2D eigenvalue weighted by molar-refractivity contribution is 5.77. The number of rotatable bonds is 7. The second-order valence-corrected chi connectivity index (χ2v) is 9.68. The Bertz CT molecular complexity index is 1020. The molecule has 0 bridgehead atoms. The van der Waals surface area contributed by atoms with Crippen LogP contribution in [0.5, 0.6) is 5.75 Å². The number of carbonyl (C=O) groups is 1. The first-order valence-corrected chi connectivity index (χ1v) is 11.4. The molecule has 0 amide bonds. The van der Waals surface area contributed by atoms with Crippen LogP contribution in [-0.2, 0) is 24.1 Å². The maximum Gasteiger partial charge on any atom is 0.416 e. The SMILES string of the molecule is Cc1cc(CN2CCN(Cc3cc(C)c(OC(C)(C)C(=O)O)c(C)c3)CC2)ccc1C(F)(F)F. The Balaban J connectivity index is 1.57.